The highest BCUT2D eigenvalue weighted by molar-refractivity contribution is 8.44. The minimum Gasteiger partial charge on any atom is -0.382 e. The standard InChI is InChI=1S/C23H28N10O10P2S2/c1-22-3-38-44(34,46)43-15-13-21(33-9-31-11-17(25)27-7-29-19(11)33)41-23(15,4-37-13)5-39-45(35,47)42-14(22)12(36-2)20(40-22)32-8-30-10-16(24)26-6-28-18(10)32/h6-9,12-15,20-21H,3-5H2,1-2H3,(H,34,46)(H,35,47)(H2,24,26,28)(H2,25,27,29)/t12-,13-,14+,15+,20-,21-,22-,23-,44+,45+/m1/s1. The predicted octanol–water partition coefficient (Wildman–Crippen LogP) is 1.69. The van der Waals surface area contributed by atoms with E-state index in [-0.39, 0.29) is 18.2 Å². The van der Waals surface area contributed by atoms with E-state index in [1.807, 2.05) is 0 Å². The van der Waals surface area contributed by atoms with Gasteiger partial charge in [0.15, 0.2) is 35.4 Å². The molecular weight excluding hydrogens is 702 g/mol. The predicted molar refractivity (Wildman–Crippen MR) is 166 cm³/mol. The number of thiol groups is 2. The summed E-state index contributed by atoms with van der Waals surface area (Å²) in [4.78, 5) is 25.1. The number of hydrogen-bond donors (Lipinski definition) is 4. The van der Waals surface area contributed by atoms with Crippen LogP contribution < -0.4 is 11.5 Å². The minimum absolute atomic E-state index is 0.0874. The van der Waals surface area contributed by atoms with E-state index in [1.165, 1.54) is 32.4 Å². The second-order valence-electron chi connectivity index (χ2n) is 11.6. The molecule has 47 heavy (non-hydrogen) atoms. The van der Waals surface area contributed by atoms with Crippen LogP contribution in [0.1, 0.15) is 19.4 Å². The van der Waals surface area contributed by atoms with E-state index in [4.69, 9.17) is 48.5 Å². The first kappa shape index (κ1) is 31.8. The molecule has 10 atom stereocenters. The normalized spacial score (nSPS) is 40.7. The van der Waals surface area contributed by atoms with Crippen LogP contribution in [0.15, 0.2) is 25.3 Å². The van der Waals surface area contributed by atoms with Crippen molar-refractivity contribution in [2.75, 3.05) is 38.4 Å². The highest BCUT2D eigenvalue weighted by atomic mass is 32.7. The molecule has 4 fully saturated rings. The fourth-order valence-corrected chi connectivity index (χ4v) is 9.49. The Morgan fingerprint density at radius 3 is 2.02 bits per heavy atom. The van der Waals surface area contributed by atoms with Crippen LogP contribution in [-0.4, -0.2) is 102 Å². The average molecular weight is 731 g/mol. The van der Waals surface area contributed by atoms with Gasteiger partial charge in [0.1, 0.15) is 59.3 Å². The van der Waals surface area contributed by atoms with Crippen molar-refractivity contribution in [1.29, 1.82) is 0 Å². The lowest BCUT2D eigenvalue weighted by molar-refractivity contribution is -0.183. The Morgan fingerprint density at radius 1 is 0.830 bits per heavy atom. The molecule has 252 valence electrons. The summed E-state index contributed by atoms with van der Waals surface area (Å²) in [5.74, 6) is 0.325. The lowest BCUT2D eigenvalue weighted by Gasteiger charge is -2.36. The van der Waals surface area contributed by atoms with Crippen molar-refractivity contribution >= 4 is 72.1 Å². The number of nitrogen functional groups attached to an aromatic ring is 2. The number of fused-ring (bicyclic) bond motifs is 3. The van der Waals surface area contributed by atoms with Gasteiger partial charge in [-0.05, 0) is 6.92 Å². The summed E-state index contributed by atoms with van der Waals surface area (Å²) < 4.78 is 79.5. The van der Waals surface area contributed by atoms with Crippen molar-refractivity contribution < 1.29 is 46.2 Å². The third kappa shape index (κ3) is 5.09. The topological polar surface area (TPSA) is 247 Å². The van der Waals surface area contributed by atoms with Crippen molar-refractivity contribution in [3.05, 3.63) is 25.3 Å². The van der Waals surface area contributed by atoms with E-state index in [2.05, 4.69) is 54.4 Å². The fraction of sp³-hybridized carbons (Fsp3) is 0.565. The molecule has 0 radical (unpaired) electrons. The molecule has 2 bridgehead atoms. The first-order chi connectivity index (χ1) is 22.3. The summed E-state index contributed by atoms with van der Waals surface area (Å²) in [5.41, 5.74) is 10.4. The molecule has 0 spiro atoms. The third-order valence-electron chi connectivity index (χ3n) is 8.62. The molecular formula is C23H28N10O10P2S2. The Labute approximate surface area is 275 Å². The van der Waals surface area contributed by atoms with Crippen LogP contribution in [0.3, 0.4) is 0 Å². The van der Waals surface area contributed by atoms with Crippen LogP contribution in [0.5, 0.6) is 0 Å². The van der Waals surface area contributed by atoms with Gasteiger partial charge in [0.2, 0.25) is 0 Å². The van der Waals surface area contributed by atoms with Gasteiger partial charge in [0.25, 0.3) is 0 Å². The third-order valence-corrected chi connectivity index (χ3v) is 11.8. The van der Waals surface area contributed by atoms with E-state index < -0.39 is 74.9 Å². The van der Waals surface area contributed by atoms with E-state index in [0.29, 0.717) is 22.3 Å². The Bertz CT molecular complexity index is 1990. The van der Waals surface area contributed by atoms with Crippen molar-refractivity contribution in [2.24, 2.45) is 0 Å². The maximum absolute atomic E-state index is 13.9. The zero-order valence-electron chi connectivity index (χ0n) is 24.5. The molecule has 8 rings (SSSR count). The summed E-state index contributed by atoms with van der Waals surface area (Å²) in [7, 11) is 1.41. The zero-order chi connectivity index (χ0) is 32.9. The van der Waals surface area contributed by atoms with E-state index >= 15 is 0 Å². The minimum atomic E-state index is -4.23. The molecule has 20 nitrogen and oxygen atoms in total. The molecule has 4 aliphatic rings. The van der Waals surface area contributed by atoms with Crippen LogP contribution in [0.2, 0.25) is 0 Å². The van der Waals surface area contributed by atoms with Crippen LogP contribution in [0.4, 0.5) is 11.6 Å². The molecule has 4 aromatic heterocycles. The molecule has 0 amide bonds. The maximum atomic E-state index is 13.9. The van der Waals surface area contributed by atoms with Gasteiger partial charge in [-0.3, -0.25) is 27.2 Å². The van der Waals surface area contributed by atoms with Gasteiger partial charge in [-0.15, -0.1) is 0 Å². The monoisotopic (exact) mass is 730 g/mol. The molecule has 4 aromatic rings. The van der Waals surface area contributed by atoms with Crippen molar-refractivity contribution in [2.45, 2.75) is 55.0 Å². The number of nitrogens with zero attached hydrogens (tertiary/aromatic N) is 8. The average Bonchev–Trinajstić information content (AvgIpc) is 3.83. The van der Waals surface area contributed by atoms with Gasteiger partial charge >= 0.3 is 13.6 Å². The lowest BCUT2D eigenvalue weighted by atomic mass is 9.98. The molecule has 0 aliphatic carbocycles. The number of methoxy groups -OCH3 is 1. The SMILES string of the molecule is CO[C@H]1[C@H](n2cnc3c(N)ncnc32)O[C@]2(C)CO[P@](=O)(S)O[C@H]3[C@H]4OC[C@]3(CO[P@](=O)(S)O[C@@H]12)O[C@H]4n1cnc2c(N)ncnc21. The number of ether oxygens (including phenoxy) is 4. The summed E-state index contributed by atoms with van der Waals surface area (Å²) in [6, 6.07) is 0. The highest BCUT2D eigenvalue weighted by Gasteiger charge is 2.66. The first-order valence-corrected chi connectivity index (χ1v) is 19.4. The van der Waals surface area contributed by atoms with Crippen LogP contribution >= 0.6 is 38.1 Å². The lowest BCUT2D eigenvalue weighted by Crippen LogP contribution is -2.48. The molecule has 4 N–H and O–H groups in total. The van der Waals surface area contributed by atoms with Crippen LogP contribution in [0.25, 0.3) is 22.3 Å². The molecule has 4 aliphatic heterocycles. The van der Waals surface area contributed by atoms with E-state index in [9.17, 15) is 9.13 Å². The Balaban J connectivity index is 1.13. The van der Waals surface area contributed by atoms with E-state index in [0.717, 1.165) is 0 Å². The maximum Gasteiger partial charge on any atom is 0.386 e. The van der Waals surface area contributed by atoms with Crippen LogP contribution in [-0.2, 0) is 46.2 Å². The molecule has 8 heterocycles. The van der Waals surface area contributed by atoms with Crippen molar-refractivity contribution in [3.8, 4) is 0 Å². The first-order valence-electron chi connectivity index (χ1n) is 14.0. The number of aromatic nitrogens is 8. The fourth-order valence-electron chi connectivity index (χ4n) is 6.39. The summed E-state index contributed by atoms with van der Waals surface area (Å²) in [6.45, 7) is -7.77. The smallest absolute Gasteiger partial charge is 0.382 e. The number of rotatable bonds is 3. The quantitative estimate of drug-likeness (QED) is 0.173. The Morgan fingerprint density at radius 2 is 1.40 bits per heavy atom. The summed E-state index contributed by atoms with van der Waals surface area (Å²) >= 11 is 8.59. The van der Waals surface area contributed by atoms with Gasteiger partial charge in [0, 0.05) is 7.11 Å². The second-order valence-corrected chi connectivity index (χ2v) is 17.3. The number of nitrogens with two attached hydrogens (primary N) is 2. The van der Waals surface area contributed by atoms with Crippen molar-refractivity contribution in [1.82, 2.24) is 39.0 Å². The van der Waals surface area contributed by atoms with Gasteiger partial charge in [0.05, 0.1) is 32.5 Å². The van der Waals surface area contributed by atoms with Gasteiger partial charge in [-0.2, -0.15) is 0 Å². The second kappa shape index (κ2) is 11.0. The molecule has 24 heteroatoms. The summed E-state index contributed by atoms with van der Waals surface area (Å²) in [6.07, 6.45) is -0.514. The van der Waals surface area contributed by atoms with Crippen LogP contribution in [0, 0.1) is 0 Å². The highest BCUT2D eigenvalue weighted by Crippen LogP contribution is 2.64. The van der Waals surface area contributed by atoms with Gasteiger partial charge < -0.3 is 30.4 Å². The van der Waals surface area contributed by atoms with Crippen molar-refractivity contribution in [3.63, 3.8) is 0 Å². The number of hydrogen-bond acceptors (Lipinski definition) is 18. The molecule has 0 aromatic carbocycles. The van der Waals surface area contributed by atoms with Gasteiger partial charge in [-0.1, -0.05) is 24.5 Å². The zero-order valence-corrected chi connectivity index (χ0v) is 28.1. The summed E-state index contributed by atoms with van der Waals surface area (Å²) in [5, 5.41) is 0. The molecule has 4 saturated heterocycles. The van der Waals surface area contributed by atoms with E-state index in [1.54, 1.807) is 16.1 Å². The largest absolute Gasteiger partial charge is 0.386 e. The number of anilines is 2. The Kier molecular flexibility index (Phi) is 7.46. The number of imidazole rings is 2. The Hall–Kier alpha value is -2.46. The molecule has 0 unspecified atom stereocenters. The van der Waals surface area contributed by atoms with Gasteiger partial charge in [-0.25, -0.2) is 39.0 Å². The molecule has 0 saturated carbocycles.